The quantitative estimate of drug-likeness (QED) is 0.292. The first-order chi connectivity index (χ1) is 16.7. The molecule has 188 valence electrons. The second-order valence-corrected chi connectivity index (χ2v) is 9.62. The minimum Gasteiger partial charge on any atom is -0.507 e. The number of Topliss-reactive ketones (excluding diaryl/α,β-unsaturated/α-hetero) is 1. The molecule has 1 atom stereocenters. The fourth-order valence-corrected chi connectivity index (χ4v) is 4.46. The third-order valence-electron chi connectivity index (χ3n) is 6.47. The van der Waals surface area contributed by atoms with E-state index in [0.29, 0.717) is 31.2 Å². The third kappa shape index (κ3) is 5.93. The van der Waals surface area contributed by atoms with Crippen LogP contribution in [-0.2, 0) is 9.59 Å². The van der Waals surface area contributed by atoms with E-state index in [1.807, 2.05) is 50.2 Å². The number of ketones is 1. The fourth-order valence-electron chi connectivity index (χ4n) is 4.46. The van der Waals surface area contributed by atoms with Crippen LogP contribution in [0.2, 0.25) is 0 Å². The molecule has 0 aliphatic carbocycles. The Hall–Kier alpha value is -3.12. The molecule has 1 fully saturated rings. The predicted molar refractivity (Wildman–Crippen MR) is 139 cm³/mol. The molecule has 1 aliphatic rings. The molecule has 1 N–H and O–H groups in total. The van der Waals surface area contributed by atoms with Gasteiger partial charge in [-0.3, -0.25) is 9.59 Å². The van der Waals surface area contributed by atoms with Gasteiger partial charge in [0.05, 0.1) is 18.2 Å². The maximum Gasteiger partial charge on any atom is 0.295 e. The highest BCUT2D eigenvalue weighted by Gasteiger charge is 2.46. The number of aliphatic hydroxyl groups is 1. The molecule has 0 saturated carbocycles. The normalized spacial score (nSPS) is 17.6. The highest BCUT2D eigenvalue weighted by Crippen LogP contribution is 2.40. The monoisotopic (exact) mass is 478 g/mol. The van der Waals surface area contributed by atoms with Crippen molar-refractivity contribution in [1.29, 1.82) is 0 Å². The van der Waals surface area contributed by atoms with Gasteiger partial charge in [-0.2, -0.15) is 0 Å². The Kier molecular flexibility index (Phi) is 8.73. The van der Waals surface area contributed by atoms with Crippen LogP contribution in [-0.4, -0.2) is 59.4 Å². The van der Waals surface area contributed by atoms with E-state index in [1.165, 1.54) is 0 Å². The Morgan fingerprint density at radius 2 is 1.80 bits per heavy atom. The molecule has 1 heterocycles. The number of likely N-dealkylation sites (tertiary alicyclic amines) is 1. The lowest BCUT2D eigenvalue weighted by molar-refractivity contribution is -0.140. The largest absolute Gasteiger partial charge is 0.507 e. The molecule has 6 nitrogen and oxygen atoms in total. The van der Waals surface area contributed by atoms with Crippen molar-refractivity contribution in [3.05, 3.63) is 70.3 Å². The second kappa shape index (κ2) is 11.5. The third-order valence-corrected chi connectivity index (χ3v) is 6.47. The Morgan fingerprint density at radius 3 is 2.40 bits per heavy atom. The summed E-state index contributed by atoms with van der Waals surface area (Å²) < 4.78 is 5.86. The average Bonchev–Trinajstić information content (AvgIpc) is 3.08. The standard InChI is InChI=1S/C29H38N2O4/c1-7-30(8-2)14-15-31-26(22-11-9-10-20(5)16-22)25(28(33)29(31)34)27(32)23-12-13-24(21(6)17-23)35-18-19(3)4/h9-13,16-17,19,26,32H,7-8,14-15,18H2,1-6H3/b27-25-. The average molecular weight is 479 g/mol. The van der Waals surface area contributed by atoms with Gasteiger partial charge in [0.1, 0.15) is 11.5 Å². The van der Waals surface area contributed by atoms with Crippen molar-refractivity contribution in [3.8, 4) is 5.75 Å². The van der Waals surface area contributed by atoms with Crippen LogP contribution in [0.5, 0.6) is 5.75 Å². The van der Waals surface area contributed by atoms with Crippen molar-refractivity contribution in [2.24, 2.45) is 5.92 Å². The highest BCUT2D eigenvalue weighted by molar-refractivity contribution is 6.46. The van der Waals surface area contributed by atoms with E-state index in [1.54, 1.807) is 11.0 Å². The number of aryl methyl sites for hydroxylation is 2. The van der Waals surface area contributed by atoms with Crippen LogP contribution >= 0.6 is 0 Å². The summed E-state index contributed by atoms with van der Waals surface area (Å²) >= 11 is 0. The van der Waals surface area contributed by atoms with E-state index in [0.717, 1.165) is 35.5 Å². The first kappa shape index (κ1) is 26.5. The maximum atomic E-state index is 13.3. The molecule has 35 heavy (non-hydrogen) atoms. The minimum absolute atomic E-state index is 0.135. The number of nitrogens with zero attached hydrogens (tertiary/aromatic N) is 2. The Labute approximate surface area is 209 Å². The fraction of sp³-hybridized carbons (Fsp3) is 0.448. The molecule has 0 spiro atoms. The molecule has 0 radical (unpaired) electrons. The topological polar surface area (TPSA) is 70.1 Å². The highest BCUT2D eigenvalue weighted by atomic mass is 16.5. The summed E-state index contributed by atoms with van der Waals surface area (Å²) in [5, 5.41) is 11.4. The number of benzene rings is 2. The van der Waals surface area contributed by atoms with Crippen molar-refractivity contribution in [1.82, 2.24) is 9.80 Å². The zero-order chi connectivity index (χ0) is 25.7. The van der Waals surface area contributed by atoms with Crippen LogP contribution in [0, 0.1) is 19.8 Å². The van der Waals surface area contributed by atoms with Crippen LogP contribution < -0.4 is 4.74 Å². The molecule has 1 aliphatic heterocycles. The zero-order valence-corrected chi connectivity index (χ0v) is 21.8. The summed E-state index contributed by atoms with van der Waals surface area (Å²) in [7, 11) is 0. The molecule has 0 bridgehead atoms. The zero-order valence-electron chi connectivity index (χ0n) is 21.8. The first-order valence-corrected chi connectivity index (χ1v) is 12.5. The number of carbonyl (C=O) groups is 2. The summed E-state index contributed by atoms with van der Waals surface area (Å²) in [5.74, 6) is -0.238. The van der Waals surface area contributed by atoms with Crippen LogP contribution in [0.15, 0.2) is 48.0 Å². The lowest BCUT2D eigenvalue weighted by atomic mass is 9.94. The van der Waals surface area contributed by atoms with Gasteiger partial charge in [-0.15, -0.1) is 0 Å². The second-order valence-electron chi connectivity index (χ2n) is 9.62. The summed E-state index contributed by atoms with van der Waals surface area (Å²) in [5.41, 5.74) is 3.34. The summed E-state index contributed by atoms with van der Waals surface area (Å²) in [6, 6.07) is 12.5. The number of likely N-dealkylation sites (N-methyl/N-ethyl adjacent to an activating group) is 1. The van der Waals surface area contributed by atoms with Crippen LogP contribution in [0.25, 0.3) is 5.76 Å². The van der Waals surface area contributed by atoms with Crippen molar-refractivity contribution >= 4 is 17.4 Å². The summed E-state index contributed by atoms with van der Waals surface area (Å²) in [6.07, 6.45) is 0. The summed E-state index contributed by atoms with van der Waals surface area (Å²) in [6.45, 7) is 15.6. The number of carbonyl (C=O) groups excluding carboxylic acids is 2. The van der Waals surface area contributed by atoms with E-state index >= 15 is 0 Å². The lowest BCUT2D eigenvalue weighted by Crippen LogP contribution is -2.38. The maximum absolute atomic E-state index is 13.3. The minimum atomic E-state index is -0.647. The van der Waals surface area contributed by atoms with Gasteiger partial charge in [0, 0.05) is 18.7 Å². The van der Waals surface area contributed by atoms with Gasteiger partial charge in [0.25, 0.3) is 11.7 Å². The molecule has 2 aromatic carbocycles. The smallest absolute Gasteiger partial charge is 0.295 e. The van der Waals surface area contributed by atoms with Crippen molar-refractivity contribution in [2.45, 2.75) is 47.6 Å². The molecule has 6 heteroatoms. The van der Waals surface area contributed by atoms with Gasteiger partial charge < -0.3 is 19.6 Å². The van der Waals surface area contributed by atoms with E-state index in [2.05, 4.69) is 32.6 Å². The van der Waals surface area contributed by atoms with Crippen molar-refractivity contribution in [2.75, 3.05) is 32.8 Å². The number of amides is 1. The SMILES string of the molecule is CCN(CC)CCN1C(=O)C(=O)/C(=C(\O)c2ccc(OCC(C)C)c(C)c2)C1c1cccc(C)c1. The number of hydrogen-bond donors (Lipinski definition) is 1. The van der Waals surface area contributed by atoms with Crippen molar-refractivity contribution in [3.63, 3.8) is 0 Å². The molecule has 1 saturated heterocycles. The molecule has 1 unspecified atom stereocenters. The van der Waals surface area contributed by atoms with Crippen molar-refractivity contribution < 1.29 is 19.4 Å². The lowest BCUT2D eigenvalue weighted by Gasteiger charge is -2.28. The number of ether oxygens (including phenoxy) is 1. The molecular weight excluding hydrogens is 440 g/mol. The number of hydrogen-bond acceptors (Lipinski definition) is 5. The van der Waals surface area contributed by atoms with E-state index in [-0.39, 0.29) is 11.3 Å². The summed E-state index contributed by atoms with van der Waals surface area (Å²) in [4.78, 5) is 30.3. The Morgan fingerprint density at radius 1 is 1.09 bits per heavy atom. The van der Waals surface area contributed by atoms with Gasteiger partial charge in [0.2, 0.25) is 0 Å². The molecule has 3 rings (SSSR count). The van der Waals surface area contributed by atoms with Gasteiger partial charge in [0.15, 0.2) is 0 Å². The number of rotatable bonds is 10. The number of aliphatic hydroxyl groups excluding tert-OH is 1. The molecule has 2 aromatic rings. The van der Waals surface area contributed by atoms with E-state index in [4.69, 9.17) is 4.74 Å². The van der Waals surface area contributed by atoms with Gasteiger partial charge in [-0.25, -0.2) is 0 Å². The molecule has 1 amide bonds. The van der Waals surface area contributed by atoms with Gasteiger partial charge >= 0.3 is 0 Å². The van der Waals surface area contributed by atoms with Crippen LogP contribution in [0.3, 0.4) is 0 Å². The van der Waals surface area contributed by atoms with E-state index < -0.39 is 17.7 Å². The van der Waals surface area contributed by atoms with Gasteiger partial charge in [-0.05, 0) is 62.2 Å². The predicted octanol–water partition coefficient (Wildman–Crippen LogP) is 5.10. The van der Waals surface area contributed by atoms with E-state index in [9.17, 15) is 14.7 Å². The molecular formula is C29H38N2O4. The van der Waals surface area contributed by atoms with Gasteiger partial charge in [-0.1, -0.05) is 57.5 Å². The molecule has 0 aromatic heterocycles. The van der Waals surface area contributed by atoms with Crippen LogP contribution in [0.4, 0.5) is 0 Å². The Bertz CT molecular complexity index is 1100. The first-order valence-electron chi connectivity index (χ1n) is 12.5. The van der Waals surface area contributed by atoms with Crippen LogP contribution in [0.1, 0.15) is 56.0 Å². The Balaban J connectivity index is 2.05.